The van der Waals surface area contributed by atoms with Crippen LogP contribution in [0.1, 0.15) is 18.5 Å². The number of methoxy groups -OCH3 is 1. The number of nitrogens with one attached hydrogen (secondary N) is 2. The summed E-state index contributed by atoms with van der Waals surface area (Å²) in [5.74, 6) is -0.455. The minimum atomic E-state index is -0.481. The molecule has 0 fully saturated rings. The van der Waals surface area contributed by atoms with Gasteiger partial charge in [0.15, 0.2) is 0 Å². The van der Waals surface area contributed by atoms with Gasteiger partial charge in [-0.2, -0.15) is 11.3 Å². The molecule has 7 heteroatoms. The van der Waals surface area contributed by atoms with E-state index in [1.54, 1.807) is 6.92 Å². The zero-order valence-corrected chi connectivity index (χ0v) is 12.1. The van der Waals surface area contributed by atoms with Gasteiger partial charge in [-0.05, 0) is 29.3 Å². The quantitative estimate of drug-likeness (QED) is 0.638. The van der Waals surface area contributed by atoms with Crippen molar-refractivity contribution < 1.29 is 19.1 Å². The normalized spacial score (nSPS) is 18.5. The van der Waals surface area contributed by atoms with E-state index in [0.29, 0.717) is 17.9 Å². The molecule has 1 aromatic heterocycles. The van der Waals surface area contributed by atoms with Gasteiger partial charge in [-0.3, -0.25) is 0 Å². The zero-order chi connectivity index (χ0) is 14.5. The Balaban J connectivity index is 2.22. The number of esters is 1. The molecule has 108 valence electrons. The molecular weight excluding hydrogens is 280 g/mol. The van der Waals surface area contributed by atoms with Crippen molar-refractivity contribution in [2.75, 3.05) is 20.3 Å². The molecule has 2 amide bonds. The number of hydrogen-bond donors (Lipinski definition) is 2. The SMILES string of the molecule is COCCOC(=O)C1=C(C)NC(=O)NC1c1ccsc1. The van der Waals surface area contributed by atoms with E-state index in [1.165, 1.54) is 18.4 Å². The number of urea groups is 1. The van der Waals surface area contributed by atoms with Crippen molar-refractivity contribution in [3.8, 4) is 0 Å². The van der Waals surface area contributed by atoms with Gasteiger partial charge in [0.2, 0.25) is 0 Å². The fourth-order valence-corrected chi connectivity index (χ4v) is 2.64. The van der Waals surface area contributed by atoms with Crippen LogP contribution in [-0.2, 0) is 14.3 Å². The van der Waals surface area contributed by atoms with Crippen molar-refractivity contribution in [3.63, 3.8) is 0 Å². The van der Waals surface area contributed by atoms with Crippen LogP contribution in [0, 0.1) is 0 Å². The minimum absolute atomic E-state index is 0.177. The van der Waals surface area contributed by atoms with Crippen LogP contribution in [0.5, 0.6) is 0 Å². The molecular formula is C13H16N2O4S. The summed E-state index contributed by atoms with van der Waals surface area (Å²) in [6, 6.07) is 1.06. The maximum atomic E-state index is 12.2. The van der Waals surface area contributed by atoms with E-state index in [4.69, 9.17) is 9.47 Å². The summed E-state index contributed by atoms with van der Waals surface area (Å²) in [6.07, 6.45) is 0. The standard InChI is InChI=1S/C13H16N2O4S/c1-8-10(12(16)19-5-4-18-2)11(15-13(17)14-8)9-3-6-20-7-9/h3,6-7,11H,4-5H2,1-2H3,(H2,14,15,17). The number of carbonyl (C=O) groups is 2. The van der Waals surface area contributed by atoms with E-state index in [-0.39, 0.29) is 12.6 Å². The third kappa shape index (κ3) is 3.17. The number of allylic oxidation sites excluding steroid dienone is 1. The molecule has 1 atom stereocenters. The second kappa shape index (κ2) is 6.53. The number of rotatable bonds is 5. The first-order valence-corrected chi connectivity index (χ1v) is 7.04. The lowest BCUT2D eigenvalue weighted by atomic mass is 9.98. The van der Waals surface area contributed by atoms with Gasteiger partial charge in [0.1, 0.15) is 6.61 Å². The summed E-state index contributed by atoms with van der Waals surface area (Å²) in [7, 11) is 1.54. The fourth-order valence-electron chi connectivity index (χ4n) is 1.95. The van der Waals surface area contributed by atoms with Gasteiger partial charge in [-0.1, -0.05) is 0 Å². The van der Waals surface area contributed by atoms with E-state index < -0.39 is 12.0 Å². The molecule has 20 heavy (non-hydrogen) atoms. The molecule has 2 heterocycles. The van der Waals surface area contributed by atoms with E-state index >= 15 is 0 Å². The minimum Gasteiger partial charge on any atom is -0.460 e. The van der Waals surface area contributed by atoms with Crippen molar-refractivity contribution in [1.29, 1.82) is 0 Å². The number of hydrogen-bond acceptors (Lipinski definition) is 5. The summed E-state index contributed by atoms with van der Waals surface area (Å²) in [4.78, 5) is 23.8. The molecule has 0 saturated carbocycles. The monoisotopic (exact) mass is 296 g/mol. The van der Waals surface area contributed by atoms with Gasteiger partial charge in [0.25, 0.3) is 0 Å². The smallest absolute Gasteiger partial charge is 0.338 e. The number of ether oxygens (including phenoxy) is 2. The highest BCUT2D eigenvalue weighted by molar-refractivity contribution is 7.08. The fraction of sp³-hybridized carbons (Fsp3) is 0.385. The topological polar surface area (TPSA) is 76.7 Å². The summed E-state index contributed by atoms with van der Waals surface area (Å²) in [5, 5.41) is 9.12. The number of carbonyl (C=O) groups excluding carboxylic acids is 2. The molecule has 0 spiro atoms. The highest BCUT2D eigenvalue weighted by atomic mass is 32.1. The predicted molar refractivity (Wildman–Crippen MR) is 74.3 cm³/mol. The van der Waals surface area contributed by atoms with Gasteiger partial charge >= 0.3 is 12.0 Å². The van der Waals surface area contributed by atoms with Crippen molar-refractivity contribution in [3.05, 3.63) is 33.7 Å². The van der Waals surface area contributed by atoms with Gasteiger partial charge in [-0.25, -0.2) is 9.59 Å². The molecule has 1 aliphatic heterocycles. The molecule has 0 bridgehead atoms. The Morgan fingerprint density at radius 2 is 2.25 bits per heavy atom. The van der Waals surface area contributed by atoms with Crippen LogP contribution in [0.3, 0.4) is 0 Å². The van der Waals surface area contributed by atoms with Crippen LogP contribution in [0.4, 0.5) is 4.79 Å². The molecule has 1 aromatic rings. The first kappa shape index (κ1) is 14.5. The summed E-state index contributed by atoms with van der Waals surface area (Å²) >= 11 is 1.50. The lowest BCUT2D eigenvalue weighted by molar-refractivity contribution is -0.140. The van der Waals surface area contributed by atoms with Crippen LogP contribution in [0.2, 0.25) is 0 Å². The van der Waals surface area contributed by atoms with Crippen LogP contribution in [0.25, 0.3) is 0 Å². The second-order valence-corrected chi connectivity index (χ2v) is 5.04. The lowest BCUT2D eigenvalue weighted by Gasteiger charge is -2.27. The van der Waals surface area contributed by atoms with Gasteiger partial charge in [0, 0.05) is 12.8 Å². The van der Waals surface area contributed by atoms with Crippen LogP contribution in [-0.4, -0.2) is 32.3 Å². The van der Waals surface area contributed by atoms with E-state index in [2.05, 4.69) is 10.6 Å². The summed E-state index contributed by atoms with van der Waals surface area (Å²) in [5.41, 5.74) is 1.79. The highest BCUT2D eigenvalue weighted by Gasteiger charge is 2.32. The second-order valence-electron chi connectivity index (χ2n) is 4.26. The van der Waals surface area contributed by atoms with E-state index in [0.717, 1.165) is 5.56 Å². The van der Waals surface area contributed by atoms with Gasteiger partial charge in [-0.15, -0.1) is 0 Å². The van der Waals surface area contributed by atoms with Crippen LogP contribution in [0.15, 0.2) is 28.1 Å². The third-order valence-electron chi connectivity index (χ3n) is 2.89. The maximum absolute atomic E-state index is 12.2. The summed E-state index contributed by atoms with van der Waals surface area (Å²) in [6.45, 7) is 2.20. The van der Waals surface area contributed by atoms with Crippen molar-refractivity contribution in [2.24, 2.45) is 0 Å². The molecule has 0 aromatic carbocycles. The lowest BCUT2D eigenvalue weighted by Crippen LogP contribution is -2.45. The van der Waals surface area contributed by atoms with E-state index in [9.17, 15) is 9.59 Å². The number of thiophene rings is 1. The Labute approximate surface area is 120 Å². The molecule has 2 rings (SSSR count). The molecule has 0 radical (unpaired) electrons. The average Bonchev–Trinajstić information content (AvgIpc) is 2.91. The van der Waals surface area contributed by atoms with Gasteiger partial charge < -0.3 is 20.1 Å². The van der Waals surface area contributed by atoms with Crippen LogP contribution >= 0.6 is 11.3 Å². The Morgan fingerprint density at radius 1 is 1.45 bits per heavy atom. The van der Waals surface area contributed by atoms with Crippen molar-refractivity contribution in [1.82, 2.24) is 10.6 Å². The first-order chi connectivity index (χ1) is 9.63. The Kier molecular flexibility index (Phi) is 4.75. The molecule has 1 aliphatic rings. The summed E-state index contributed by atoms with van der Waals surface area (Å²) < 4.78 is 9.99. The third-order valence-corrected chi connectivity index (χ3v) is 3.59. The van der Waals surface area contributed by atoms with Crippen molar-refractivity contribution >= 4 is 23.3 Å². The average molecular weight is 296 g/mol. The van der Waals surface area contributed by atoms with E-state index in [1.807, 2.05) is 16.8 Å². The number of amides is 2. The Hall–Kier alpha value is -1.86. The molecule has 0 saturated heterocycles. The molecule has 1 unspecified atom stereocenters. The predicted octanol–water partition coefficient (Wildman–Crippen LogP) is 1.57. The Morgan fingerprint density at radius 3 is 2.90 bits per heavy atom. The zero-order valence-electron chi connectivity index (χ0n) is 11.3. The van der Waals surface area contributed by atoms with Gasteiger partial charge in [0.05, 0.1) is 18.2 Å². The maximum Gasteiger partial charge on any atom is 0.338 e. The van der Waals surface area contributed by atoms with Crippen molar-refractivity contribution in [2.45, 2.75) is 13.0 Å². The molecule has 0 aliphatic carbocycles. The molecule has 6 nitrogen and oxygen atoms in total. The van der Waals surface area contributed by atoms with Crippen LogP contribution < -0.4 is 10.6 Å². The first-order valence-electron chi connectivity index (χ1n) is 6.10. The highest BCUT2D eigenvalue weighted by Crippen LogP contribution is 2.28. The largest absolute Gasteiger partial charge is 0.460 e. The molecule has 2 N–H and O–H groups in total. The Bertz CT molecular complexity index is 524.